The molecule has 1 saturated heterocycles. The van der Waals surface area contributed by atoms with Crippen molar-refractivity contribution in [3.8, 4) is 11.5 Å². The van der Waals surface area contributed by atoms with E-state index in [1.807, 2.05) is 78.9 Å². The van der Waals surface area contributed by atoms with Crippen molar-refractivity contribution in [2.45, 2.75) is 24.9 Å². The molecule has 1 aromatic heterocycles. The monoisotopic (exact) mass is 601 g/mol. The van der Waals surface area contributed by atoms with Gasteiger partial charge in [-0.25, -0.2) is 4.79 Å². The summed E-state index contributed by atoms with van der Waals surface area (Å²) in [5.41, 5.74) is 0.609. The second-order valence-corrected chi connectivity index (χ2v) is 10.6. The van der Waals surface area contributed by atoms with E-state index in [4.69, 9.17) is 18.9 Å². The van der Waals surface area contributed by atoms with Gasteiger partial charge in [-0.1, -0.05) is 54.6 Å². The molecule has 0 amide bonds. The molecule has 1 aliphatic heterocycles. The summed E-state index contributed by atoms with van der Waals surface area (Å²) >= 11 is 0. The fraction of sp³-hybridized carbons (Fsp3) is 0.303. The number of ether oxygens (including phenoxy) is 4. The Morgan fingerprint density at radius 2 is 1.48 bits per heavy atom. The Balaban J connectivity index is 1.57. The molecule has 11 nitrogen and oxygen atoms in total. The van der Waals surface area contributed by atoms with Gasteiger partial charge >= 0.3 is 11.7 Å². The fourth-order valence-electron chi connectivity index (χ4n) is 5.55. The lowest BCUT2D eigenvalue weighted by Gasteiger charge is -2.41. The van der Waals surface area contributed by atoms with E-state index in [2.05, 4.69) is 4.98 Å². The van der Waals surface area contributed by atoms with Gasteiger partial charge in [0.15, 0.2) is 6.23 Å². The number of carbonyl (C=O) groups is 1. The van der Waals surface area contributed by atoms with Gasteiger partial charge < -0.3 is 24.1 Å². The number of aromatic nitrogens is 2. The van der Waals surface area contributed by atoms with E-state index in [9.17, 15) is 19.5 Å². The van der Waals surface area contributed by atoms with Gasteiger partial charge in [-0.3, -0.25) is 24.0 Å². The number of aromatic amines is 1. The molecule has 0 aliphatic carbocycles. The van der Waals surface area contributed by atoms with Crippen LogP contribution in [0.15, 0.2) is 94.6 Å². The summed E-state index contributed by atoms with van der Waals surface area (Å²) in [6, 6.07) is 25.0. The van der Waals surface area contributed by atoms with E-state index in [0.717, 1.165) is 16.7 Å². The maximum Gasteiger partial charge on any atom is 0.330 e. The van der Waals surface area contributed by atoms with Crippen molar-refractivity contribution in [1.82, 2.24) is 14.5 Å². The Labute approximate surface area is 254 Å². The predicted molar refractivity (Wildman–Crippen MR) is 162 cm³/mol. The number of carboxylic acids is 1. The number of hydrogen-bond donors (Lipinski definition) is 2. The molecule has 2 heterocycles. The summed E-state index contributed by atoms with van der Waals surface area (Å²) in [5.74, 6) is 0.370. The minimum Gasteiger partial charge on any atom is -0.497 e. The number of aryl methyl sites for hydroxylation is 1. The molecule has 0 saturated carbocycles. The SMILES string of the molecule is COc1ccc(C(OC[C@@H]2CN(CC(=O)O)C[C@H](n3cc(C)c(=O)[nH]c3=O)O2)(c2ccccc2)c2ccc(OC)cc2)cc1. The summed E-state index contributed by atoms with van der Waals surface area (Å²) in [6.07, 6.45) is -0.0588. The lowest BCUT2D eigenvalue weighted by Crippen LogP contribution is -2.51. The first-order valence-electron chi connectivity index (χ1n) is 14.1. The van der Waals surface area contributed by atoms with E-state index in [0.29, 0.717) is 17.1 Å². The number of methoxy groups -OCH3 is 2. The lowest BCUT2D eigenvalue weighted by atomic mass is 9.80. The largest absolute Gasteiger partial charge is 0.497 e. The van der Waals surface area contributed by atoms with Crippen molar-refractivity contribution in [3.63, 3.8) is 0 Å². The minimum atomic E-state index is -1.11. The van der Waals surface area contributed by atoms with Crippen molar-refractivity contribution in [2.24, 2.45) is 0 Å². The highest BCUT2D eigenvalue weighted by Crippen LogP contribution is 2.42. The molecule has 3 aromatic carbocycles. The Kier molecular flexibility index (Phi) is 9.29. The van der Waals surface area contributed by atoms with Gasteiger partial charge in [0, 0.05) is 24.8 Å². The van der Waals surface area contributed by atoms with Crippen molar-refractivity contribution < 1.29 is 28.8 Å². The van der Waals surface area contributed by atoms with Crippen molar-refractivity contribution in [1.29, 1.82) is 0 Å². The van der Waals surface area contributed by atoms with Gasteiger partial charge in [0.1, 0.15) is 17.1 Å². The first-order chi connectivity index (χ1) is 21.2. The van der Waals surface area contributed by atoms with Crippen LogP contribution in [0.5, 0.6) is 11.5 Å². The number of nitrogens with one attached hydrogen (secondary N) is 1. The third-order valence-electron chi connectivity index (χ3n) is 7.70. The molecule has 1 fully saturated rings. The molecule has 0 radical (unpaired) electrons. The van der Waals surface area contributed by atoms with Crippen molar-refractivity contribution in [3.05, 3.63) is 128 Å². The van der Waals surface area contributed by atoms with Crippen LogP contribution in [-0.2, 0) is 19.9 Å². The average molecular weight is 602 g/mol. The molecule has 0 spiro atoms. The van der Waals surface area contributed by atoms with Crippen molar-refractivity contribution in [2.75, 3.05) is 40.5 Å². The Hall–Kier alpha value is -4.71. The van der Waals surface area contributed by atoms with E-state index in [-0.39, 0.29) is 26.2 Å². The van der Waals surface area contributed by atoms with Crippen LogP contribution in [0.3, 0.4) is 0 Å². The zero-order valence-corrected chi connectivity index (χ0v) is 24.8. The number of nitrogens with zero attached hydrogens (tertiary/aromatic N) is 2. The van der Waals surface area contributed by atoms with Gasteiger partial charge in [0.05, 0.1) is 33.5 Å². The Bertz CT molecular complexity index is 1640. The number of benzene rings is 3. The van der Waals surface area contributed by atoms with Gasteiger partial charge in [-0.05, 0) is 47.9 Å². The normalized spacial score (nSPS) is 17.2. The molecule has 0 bridgehead atoms. The fourth-order valence-corrected chi connectivity index (χ4v) is 5.55. The molecule has 11 heteroatoms. The van der Waals surface area contributed by atoms with Crippen molar-refractivity contribution >= 4 is 5.97 Å². The Morgan fingerprint density at radius 3 is 2.02 bits per heavy atom. The molecule has 44 heavy (non-hydrogen) atoms. The Morgan fingerprint density at radius 1 is 0.909 bits per heavy atom. The topological polar surface area (TPSA) is 132 Å². The number of H-pyrrole nitrogens is 1. The van der Waals surface area contributed by atoms with Crippen LogP contribution in [0.4, 0.5) is 0 Å². The second-order valence-electron chi connectivity index (χ2n) is 10.6. The van der Waals surface area contributed by atoms with Gasteiger partial charge in [-0.15, -0.1) is 0 Å². The van der Waals surface area contributed by atoms with Crippen LogP contribution in [0, 0.1) is 6.92 Å². The minimum absolute atomic E-state index is 0.0384. The molecular weight excluding hydrogens is 566 g/mol. The van der Waals surface area contributed by atoms with Crippen LogP contribution >= 0.6 is 0 Å². The summed E-state index contributed by atoms with van der Waals surface area (Å²) in [6.45, 7) is 1.75. The van der Waals surface area contributed by atoms with E-state index in [1.165, 1.54) is 10.8 Å². The summed E-state index contributed by atoms with van der Waals surface area (Å²) in [5, 5.41) is 9.58. The first-order valence-corrected chi connectivity index (χ1v) is 14.1. The smallest absolute Gasteiger partial charge is 0.330 e. The molecule has 2 N–H and O–H groups in total. The molecule has 2 atom stereocenters. The van der Waals surface area contributed by atoms with Crippen LogP contribution in [0.25, 0.3) is 0 Å². The number of morpholine rings is 1. The maximum atomic E-state index is 12.7. The summed E-state index contributed by atoms with van der Waals surface area (Å²) in [4.78, 5) is 40.5. The molecular formula is C33H35N3O8. The molecule has 1 aliphatic rings. The predicted octanol–water partition coefficient (Wildman–Crippen LogP) is 3.15. The molecule has 4 aromatic rings. The zero-order valence-electron chi connectivity index (χ0n) is 24.8. The van der Waals surface area contributed by atoms with E-state index >= 15 is 0 Å². The lowest BCUT2D eigenvalue weighted by molar-refractivity contribution is -0.164. The number of carboxylic acid groups (broad SMARTS) is 1. The second kappa shape index (κ2) is 13.3. The quantitative estimate of drug-likeness (QED) is 0.249. The van der Waals surface area contributed by atoms with Crippen LogP contribution in [0.2, 0.25) is 0 Å². The first kappa shape index (κ1) is 30.7. The van der Waals surface area contributed by atoms with Gasteiger partial charge in [0.25, 0.3) is 5.56 Å². The summed E-state index contributed by atoms with van der Waals surface area (Å²) in [7, 11) is 3.21. The van der Waals surface area contributed by atoms with Gasteiger partial charge in [0.2, 0.25) is 0 Å². The molecule has 0 unspecified atom stereocenters. The molecule has 5 rings (SSSR count). The number of rotatable bonds is 11. The average Bonchev–Trinajstić information content (AvgIpc) is 3.03. The highest BCUT2D eigenvalue weighted by Gasteiger charge is 2.40. The third kappa shape index (κ3) is 6.45. The van der Waals surface area contributed by atoms with Crippen LogP contribution in [0.1, 0.15) is 28.5 Å². The van der Waals surface area contributed by atoms with Crippen LogP contribution < -0.4 is 20.7 Å². The number of hydrogen-bond acceptors (Lipinski definition) is 8. The standard InChI is InChI=1S/C33H35N3O8/c1-22-17-36(32(40)34-31(22)39)29-19-35(20-30(37)38)18-28(44-29)21-43-33(23-7-5-4-6-8-23,24-9-13-26(41-2)14-10-24)25-11-15-27(42-3)16-12-25/h4-17,28-29H,18-21H2,1-3H3,(H,37,38)(H,34,39,40)/t28-,29+/m0/s1. The molecule has 230 valence electrons. The highest BCUT2D eigenvalue weighted by atomic mass is 16.6. The van der Waals surface area contributed by atoms with E-state index < -0.39 is 35.2 Å². The van der Waals surface area contributed by atoms with Gasteiger partial charge in [-0.2, -0.15) is 0 Å². The number of aliphatic carboxylic acids is 1. The third-order valence-corrected chi connectivity index (χ3v) is 7.70. The van der Waals surface area contributed by atoms with Crippen LogP contribution in [-0.4, -0.2) is 72.1 Å². The highest BCUT2D eigenvalue weighted by molar-refractivity contribution is 5.69. The summed E-state index contributed by atoms with van der Waals surface area (Å²) < 4.78 is 25.5. The maximum absolute atomic E-state index is 12.7. The zero-order chi connectivity index (χ0) is 31.3. The van der Waals surface area contributed by atoms with E-state index in [1.54, 1.807) is 26.0 Å².